The van der Waals surface area contributed by atoms with E-state index in [1.165, 1.54) is 6.07 Å². The van der Waals surface area contributed by atoms with Crippen molar-refractivity contribution in [2.75, 3.05) is 0 Å². The zero-order chi connectivity index (χ0) is 14.6. The van der Waals surface area contributed by atoms with Gasteiger partial charge in [0.15, 0.2) is 0 Å². The molecule has 0 aliphatic rings. The normalized spacial score (nSPS) is 14.3. The molecule has 19 heavy (non-hydrogen) atoms. The number of rotatable bonds is 5. The maximum absolute atomic E-state index is 13.5. The molecule has 0 heterocycles. The van der Waals surface area contributed by atoms with Crippen molar-refractivity contribution in [3.05, 3.63) is 35.1 Å². The second-order valence-electron chi connectivity index (χ2n) is 5.41. The minimum absolute atomic E-state index is 0.102. The van der Waals surface area contributed by atoms with E-state index < -0.39 is 0 Å². The van der Waals surface area contributed by atoms with Gasteiger partial charge in [-0.25, -0.2) is 4.39 Å². The van der Waals surface area contributed by atoms with Crippen LogP contribution >= 0.6 is 0 Å². The molecule has 0 saturated carbocycles. The van der Waals surface area contributed by atoms with Crippen LogP contribution in [0.25, 0.3) is 0 Å². The van der Waals surface area contributed by atoms with Crippen molar-refractivity contribution in [1.82, 2.24) is 5.32 Å². The van der Waals surface area contributed by atoms with Gasteiger partial charge in [-0.2, -0.15) is 0 Å². The van der Waals surface area contributed by atoms with Gasteiger partial charge in [0.2, 0.25) is 5.91 Å². The number of hydrogen-bond acceptors (Lipinski definition) is 2. The summed E-state index contributed by atoms with van der Waals surface area (Å²) in [6.07, 6.45) is 0.288. The standard InChI is InChI=1S/C15H23FN2O/c1-9(2)14(17)8-15(19)18-11(4)12-6-5-10(3)13(16)7-12/h5-7,9,11,14H,8,17H2,1-4H3,(H,18,19). The smallest absolute Gasteiger partial charge is 0.222 e. The maximum atomic E-state index is 13.5. The Morgan fingerprint density at radius 3 is 2.53 bits per heavy atom. The van der Waals surface area contributed by atoms with Gasteiger partial charge < -0.3 is 11.1 Å². The van der Waals surface area contributed by atoms with E-state index in [9.17, 15) is 9.18 Å². The van der Waals surface area contributed by atoms with E-state index in [0.717, 1.165) is 5.56 Å². The Morgan fingerprint density at radius 2 is 2.00 bits per heavy atom. The average Bonchev–Trinajstić information content (AvgIpc) is 2.32. The minimum atomic E-state index is -0.252. The summed E-state index contributed by atoms with van der Waals surface area (Å²) < 4.78 is 13.5. The third-order valence-corrected chi connectivity index (χ3v) is 3.35. The molecule has 0 fully saturated rings. The predicted molar refractivity (Wildman–Crippen MR) is 75.1 cm³/mol. The number of halogens is 1. The van der Waals surface area contributed by atoms with Crippen molar-refractivity contribution < 1.29 is 9.18 Å². The third kappa shape index (κ3) is 4.63. The zero-order valence-electron chi connectivity index (χ0n) is 12.0. The van der Waals surface area contributed by atoms with Gasteiger partial charge in [-0.05, 0) is 37.0 Å². The van der Waals surface area contributed by atoms with Crippen molar-refractivity contribution in [2.24, 2.45) is 11.7 Å². The van der Waals surface area contributed by atoms with Crippen LogP contribution in [-0.2, 0) is 4.79 Å². The summed E-state index contributed by atoms with van der Waals surface area (Å²) in [6.45, 7) is 7.51. The number of amides is 1. The highest BCUT2D eigenvalue weighted by Gasteiger charge is 2.15. The fourth-order valence-electron chi connectivity index (χ4n) is 1.71. The van der Waals surface area contributed by atoms with Crippen LogP contribution in [-0.4, -0.2) is 11.9 Å². The molecule has 1 aromatic carbocycles. The van der Waals surface area contributed by atoms with Gasteiger partial charge in [0.05, 0.1) is 6.04 Å². The molecule has 2 unspecified atom stereocenters. The first-order chi connectivity index (χ1) is 8.81. The summed E-state index contributed by atoms with van der Waals surface area (Å²) in [4.78, 5) is 11.8. The van der Waals surface area contributed by atoms with E-state index in [0.29, 0.717) is 5.56 Å². The van der Waals surface area contributed by atoms with Crippen LogP contribution in [0.5, 0.6) is 0 Å². The van der Waals surface area contributed by atoms with Gasteiger partial charge in [0.25, 0.3) is 0 Å². The number of nitrogens with one attached hydrogen (secondary N) is 1. The Bertz CT molecular complexity index is 446. The summed E-state index contributed by atoms with van der Waals surface area (Å²) in [5, 5.41) is 2.84. The maximum Gasteiger partial charge on any atom is 0.222 e. The molecule has 4 heteroatoms. The first kappa shape index (κ1) is 15.6. The highest BCUT2D eigenvalue weighted by Crippen LogP contribution is 2.16. The first-order valence-electron chi connectivity index (χ1n) is 6.62. The quantitative estimate of drug-likeness (QED) is 0.861. The molecule has 0 radical (unpaired) electrons. The van der Waals surface area contributed by atoms with Crippen molar-refractivity contribution in [1.29, 1.82) is 0 Å². The van der Waals surface area contributed by atoms with Gasteiger partial charge in [-0.15, -0.1) is 0 Å². The summed E-state index contributed by atoms with van der Waals surface area (Å²) in [7, 11) is 0. The molecule has 106 valence electrons. The fraction of sp³-hybridized carbons (Fsp3) is 0.533. The van der Waals surface area contributed by atoms with E-state index in [1.54, 1.807) is 13.0 Å². The summed E-state index contributed by atoms with van der Waals surface area (Å²) in [5.74, 6) is -0.0926. The van der Waals surface area contributed by atoms with Crippen LogP contribution in [0.15, 0.2) is 18.2 Å². The molecule has 0 aliphatic heterocycles. The van der Waals surface area contributed by atoms with Crippen LogP contribution in [0.4, 0.5) is 4.39 Å². The Morgan fingerprint density at radius 1 is 1.37 bits per heavy atom. The molecule has 0 aromatic heterocycles. The molecule has 1 rings (SSSR count). The SMILES string of the molecule is Cc1ccc(C(C)NC(=O)CC(N)C(C)C)cc1F. The number of carbonyl (C=O) groups is 1. The number of benzene rings is 1. The summed E-state index contributed by atoms with van der Waals surface area (Å²) in [6, 6.07) is 4.63. The van der Waals surface area contributed by atoms with Crippen LogP contribution in [0.3, 0.4) is 0 Å². The molecule has 0 bridgehead atoms. The van der Waals surface area contributed by atoms with E-state index in [-0.39, 0.29) is 36.1 Å². The number of carbonyl (C=O) groups excluding carboxylic acids is 1. The summed E-state index contributed by atoms with van der Waals surface area (Å²) >= 11 is 0. The summed E-state index contributed by atoms with van der Waals surface area (Å²) in [5.41, 5.74) is 7.21. The van der Waals surface area contributed by atoms with Crippen LogP contribution < -0.4 is 11.1 Å². The zero-order valence-corrected chi connectivity index (χ0v) is 12.0. The average molecular weight is 266 g/mol. The molecule has 1 aromatic rings. The lowest BCUT2D eigenvalue weighted by Crippen LogP contribution is -2.35. The van der Waals surface area contributed by atoms with Crippen LogP contribution in [0, 0.1) is 18.7 Å². The van der Waals surface area contributed by atoms with Crippen molar-refractivity contribution in [2.45, 2.75) is 46.2 Å². The number of hydrogen-bond donors (Lipinski definition) is 2. The predicted octanol–water partition coefficient (Wildman–Crippen LogP) is 2.68. The molecule has 1 amide bonds. The van der Waals surface area contributed by atoms with Gasteiger partial charge in [-0.3, -0.25) is 4.79 Å². The topological polar surface area (TPSA) is 55.1 Å². The van der Waals surface area contributed by atoms with Crippen molar-refractivity contribution in [3.63, 3.8) is 0 Å². The second kappa shape index (κ2) is 6.66. The molecule has 3 nitrogen and oxygen atoms in total. The van der Waals surface area contributed by atoms with Gasteiger partial charge in [0.1, 0.15) is 5.82 Å². The van der Waals surface area contributed by atoms with E-state index in [4.69, 9.17) is 5.73 Å². The molecule has 0 spiro atoms. The van der Waals surface area contributed by atoms with Gasteiger partial charge in [-0.1, -0.05) is 26.0 Å². The van der Waals surface area contributed by atoms with Crippen LogP contribution in [0.1, 0.15) is 44.4 Å². The first-order valence-corrected chi connectivity index (χ1v) is 6.62. The van der Waals surface area contributed by atoms with E-state index in [2.05, 4.69) is 5.32 Å². The van der Waals surface area contributed by atoms with Crippen LogP contribution in [0.2, 0.25) is 0 Å². The molecular weight excluding hydrogens is 243 g/mol. The van der Waals surface area contributed by atoms with E-state index >= 15 is 0 Å². The molecule has 3 N–H and O–H groups in total. The number of nitrogens with two attached hydrogens (primary N) is 1. The minimum Gasteiger partial charge on any atom is -0.350 e. The van der Waals surface area contributed by atoms with E-state index in [1.807, 2.05) is 26.8 Å². The second-order valence-corrected chi connectivity index (χ2v) is 5.41. The molecule has 0 saturated heterocycles. The Labute approximate surface area is 114 Å². The van der Waals surface area contributed by atoms with Crippen molar-refractivity contribution in [3.8, 4) is 0 Å². The highest BCUT2D eigenvalue weighted by atomic mass is 19.1. The Hall–Kier alpha value is -1.42. The lowest BCUT2D eigenvalue weighted by Gasteiger charge is -2.18. The van der Waals surface area contributed by atoms with Gasteiger partial charge >= 0.3 is 0 Å². The third-order valence-electron chi connectivity index (χ3n) is 3.35. The highest BCUT2D eigenvalue weighted by molar-refractivity contribution is 5.77. The monoisotopic (exact) mass is 266 g/mol. The Balaban J connectivity index is 2.61. The lowest BCUT2D eigenvalue weighted by atomic mass is 10.0. The number of aryl methyl sites for hydroxylation is 1. The van der Waals surface area contributed by atoms with Crippen molar-refractivity contribution >= 4 is 5.91 Å². The molecule has 0 aliphatic carbocycles. The molecular formula is C15H23FN2O. The Kier molecular flexibility index (Phi) is 5.48. The fourth-order valence-corrected chi connectivity index (χ4v) is 1.71. The largest absolute Gasteiger partial charge is 0.350 e. The van der Waals surface area contributed by atoms with Gasteiger partial charge in [0, 0.05) is 12.5 Å². The lowest BCUT2D eigenvalue weighted by molar-refractivity contribution is -0.122. The molecule has 2 atom stereocenters.